The van der Waals surface area contributed by atoms with Crippen molar-refractivity contribution in [3.8, 4) is 11.5 Å². The van der Waals surface area contributed by atoms with Crippen molar-refractivity contribution >= 4 is 48.8 Å². The molecule has 0 N–H and O–H groups in total. The highest BCUT2D eigenvalue weighted by molar-refractivity contribution is 7.89. The van der Waals surface area contributed by atoms with Crippen LogP contribution in [0.15, 0.2) is 76.7 Å². The van der Waals surface area contributed by atoms with Gasteiger partial charge in [-0.05, 0) is 98.0 Å². The van der Waals surface area contributed by atoms with Crippen molar-refractivity contribution in [3.05, 3.63) is 77.9 Å². The summed E-state index contributed by atoms with van der Waals surface area (Å²) in [5.74, 6) is 1.50. The second-order valence-electron chi connectivity index (χ2n) is 9.80. The minimum Gasteiger partial charge on any atom is -0.497 e. The molecule has 1 aromatic heterocycles. The van der Waals surface area contributed by atoms with Crippen LogP contribution in [0.1, 0.15) is 42.6 Å². The van der Waals surface area contributed by atoms with Gasteiger partial charge in [0.05, 0.1) is 35.0 Å². The zero-order valence-electron chi connectivity index (χ0n) is 23.2. The molecule has 0 unspecified atom stereocenters. The third-order valence-corrected chi connectivity index (χ3v) is 9.86. The molecule has 9 nitrogen and oxygen atoms in total. The monoisotopic (exact) mass is 592 g/mol. The molecule has 1 fully saturated rings. The average Bonchev–Trinajstić information content (AvgIpc) is 3.41. The van der Waals surface area contributed by atoms with Gasteiger partial charge < -0.3 is 9.47 Å². The number of hydrazone groups is 1. The summed E-state index contributed by atoms with van der Waals surface area (Å²) < 4.78 is 39.6. The molecule has 0 atom stereocenters. The Balaban J connectivity index is 1.45. The Morgan fingerprint density at radius 3 is 2.41 bits per heavy atom. The van der Waals surface area contributed by atoms with Crippen molar-refractivity contribution < 1.29 is 22.7 Å². The fraction of sp³-hybridized carbons (Fsp3) is 0.300. The van der Waals surface area contributed by atoms with E-state index in [1.807, 2.05) is 49.4 Å². The van der Waals surface area contributed by atoms with E-state index in [0.717, 1.165) is 28.9 Å². The van der Waals surface area contributed by atoms with E-state index in [4.69, 9.17) is 9.47 Å². The second kappa shape index (κ2) is 12.4. The second-order valence-corrected chi connectivity index (χ2v) is 12.8. The van der Waals surface area contributed by atoms with Crippen LogP contribution >= 0.6 is 11.3 Å². The molecular weight excluding hydrogens is 560 g/mol. The number of rotatable bonds is 9. The van der Waals surface area contributed by atoms with E-state index in [2.05, 4.69) is 17.0 Å². The maximum absolute atomic E-state index is 13.8. The number of methoxy groups -OCH3 is 1. The number of piperidine rings is 1. The molecule has 1 saturated heterocycles. The maximum Gasteiger partial charge on any atom is 0.280 e. The van der Waals surface area contributed by atoms with E-state index in [1.54, 1.807) is 13.3 Å². The summed E-state index contributed by atoms with van der Waals surface area (Å²) in [7, 11) is -2.04. The number of fused-ring (bicyclic) bond motifs is 1. The van der Waals surface area contributed by atoms with Crippen LogP contribution in [0.3, 0.4) is 0 Å². The summed E-state index contributed by atoms with van der Waals surface area (Å²) in [6.45, 7) is 5.62. The van der Waals surface area contributed by atoms with Crippen LogP contribution in [0.4, 0.5) is 5.13 Å². The number of hydrogen-bond acceptors (Lipinski definition) is 8. The molecule has 2 heterocycles. The van der Waals surface area contributed by atoms with E-state index < -0.39 is 15.9 Å². The summed E-state index contributed by atoms with van der Waals surface area (Å²) in [6.07, 6.45) is 3.26. The number of hydrogen-bond donors (Lipinski definition) is 0. The fourth-order valence-corrected chi connectivity index (χ4v) is 6.93. The molecule has 41 heavy (non-hydrogen) atoms. The summed E-state index contributed by atoms with van der Waals surface area (Å²) in [5.41, 5.74) is 1.76. The molecule has 214 valence electrons. The molecular formula is C30H32N4O5S2. The number of anilines is 1. The lowest BCUT2D eigenvalue weighted by atomic mass is 10.0. The molecule has 1 aliphatic rings. The predicted octanol–water partition coefficient (Wildman–Crippen LogP) is 5.81. The number of carbonyl (C=O) groups is 1. The minimum atomic E-state index is -3.63. The van der Waals surface area contributed by atoms with Crippen LogP contribution in [-0.4, -0.2) is 56.6 Å². The van der Waals surface area contributed by atoms with Gasteiger partial charge in [-0.25, -0.2) is 13.4 Å². The van der Waals surface area contributed by atoms with Crippen molar-refractivity contribution in [2.75, 3.05) is 31.8 Å². The molecule has 5 rings (SSSR count). The highest BCUT2D eigenvalue weighted by Crippen LogP contribution is 2.33. The Morgan fingerprint density at radius 2 is 1.76 bits per heavy atom. The van der Waals surface area contributed by atoms with Crippen LogP contribution in [0, 0.1) is 5.92 Å². The number of nitrogens with zero attached hydrogens (tertiary/aromatic N) is 4. The largest absolute Gasteiger partial charge is 0.497 e. The quantitative estimate of drug-likeness (QED) is 0.180. The molecule has 0 aliphatic carbocycles. The predicted molar refractivity (Wildman–Crippen MR) is 162 cm³/mol. The van der Waals surface area contributed by atoms with Crippen LogP contribution in [0.2, 0.25) is 0 Å². The van der Waals surface area contributed by atoms with Crippen LogP contribution in [0.25, 0.3) is 10.2 Å². The Kier molecular flexibility index (Phi) is 8.67. The van der Waals surface area contributed by atoms with Crippen LogP contribution < -0.4 is 14.5 Å². The van der Waals surface area contributed by atoms with Gasteiger partial charge in [-0.1, -0.05) is 18.3 Å². The lowest BCUT2D eigenvalue weighted by Gasteiger charge is -2.29. The Morgan fingerprint density at radius 1 is 1.07 bits per heavy atom. The molecule has 0 spiro atoms. The topological polar surface area (TPSA) is 101 Å². The van der Waals surface area contributed by atoms with E-state index >= 15 is 0 Å². The minimum absolute atomic E-state index is 0.167. The smallest absolute Gasteiger partial charge is 0.280 e. The Bertz CT molecular complexity index is 1640. The van der Waals surface area contributed by atoms with Crippen molar-refractivity contribution in [1.29, 1.82) is 0 Å². The molecule has 1 amide bonds. The van der Waals surface area contributed by atoms with Gasteiger partial charge in [-0.15, -0.1) is 0 Å². The Hall–Kier alpha value is -3.80. The zero-order chi connectivity index (χ0) is 29.0. The molecule has 4 aromatic rings. The lowest BCUT2D eigenvalue weighted by molar-refractivity contribution is 0.0987. The van der Waals surface area contributed by atoms with Crippen molar-refractivity contribution in [2.24, 2.45) is 11.0 Å². The number of benzene rings is 3. The molecule has 3 aromatic carbocycles. The SMILES string of the molecule is CCOc1ccc(/C=N/N(C(=O)c2ccc(S(=O)(=O)N3CCC(C)CC3)cc2)c2nc3ccc(OC)cc3s2)cc1. The summed E-state index contributed by atoms with van der Waals surface area (Å²) >= 11 is 1.31. The highest BCUT2D eigenvalue weighted by atomic mass is 32.2. The number of aromatic nitrogens is 1. The van der Waals surface area contributed by atoms with E-state index in [0.29, 0.717) is 42.0 Å². The summed E-state index contributed by atoms with van der Waals surface area (Å²) in [6, 6.07) is 18.9. The normalized spacial score (nSPS) is 14.9. The first kappa shape index (κ1) is 28.7. The van der Waals surface area contributed by atoms with Gasteiger partial charge >= 0.3 is 0 Å². The third-order valence-electron chi connectivity index (χ3n) is 6.95. The van der Waals surface area contributed by atoms with Crippen LogP contribution in [-0.2, 0) is 10.0 Å². The zero-order valence-corrected chi connectivity index (χ0v) is 24.8. The van der Waals surface area contributed by atoms with E-state index in [-0.39, 0.29) is 10.5 Å². The average molecular weight is 593 g/mol. The number of thiazole rings is 1. The molecule has 0 radical (unpaired) electrons. The molecule has 0 bridgehead atoms. The van der Waals surface area contributed by atoms with Gasteiger partial charge in [0.25, 0.3) is 5.91 Å². The Labute approximate surface area is 244 Å². The first-order valence-corrected chi connectivity index (χ1v) is 15.7. The van der Waals surface area contributed by atoms with E-state index in [9.17, 15) is 13.2 Å². The number of amides is 1. The van der Waals surface area contributed by atoms with Gasteiger partial charge in [-0.3, -0.25) is 4.79 Å². The lowest BCUT2D eigenvalue weighted by Crippen LogP contribution is -2.37. The highest BCUT2D eigenvalue weighted by Gasteiger charge is 2.29. The van der Waals surface area contributed by atoms with Gasteiger partial charge in [0, 0.05) is 18.7 Å². The van der Waals surface area contributed by atoms with Gasteiger partial charge in [-0.2, -0.15) is 14.4 Å². The van der Waals surface area contributed by atoms with Gasteiger partial charge in [0.2, 0.25) is 15.2 Å². The van der Waals surface area contributed by atoms with Gasteiger partial charge in [0.15, 0.2) is 0 Å². The summed E-state index contributed by atoms with van der Waals surface area (Å²) in [5, 5.41) is 6.13. The first-order chi connectivity index (χ1) is 19.8. The molecule has 0 saturated carbocycles. The summed E-state index contributed by atoms with van der Waals surface area (Å²) in [4.78, 5) is 18.6. The standard InChI is InChI=1S/C30H32N4O5S2/c1-4-39-24-9-5-22(6-10-24)20-31-34(30-32-27-14-11-25(38-3)19-28(27)40-30)29(35)23-7-12-26(13-8-23)41(36,37)33-17-15-21(2)16-18-33/h5-14,19-21H,4,15-18H2,1-3H3/b31-20+. The third kappa shape index (κ3) is 6.42. The molecule has 1 aliphatic heterocycles. The van der Waals surface area contributed by atoms with Gasteiger partial charge in [0.1, 0.15) is 11.5 Å². The van der Waals surface area contributed by atoms with E-state index in [1.165, 1.54) is 44.9 Å². The van der Waals surface area contributed by atoms with Crippen LogP contribution in [0.5, 0.6) is 11.5 Å². The molecule has 11 heteroatoms. The number of carbonyl (C=O) groups excluding carboxylic acids is 1. The maximum atomic E-state index is 13.8. The fourth-order valence-electron chi connectivity index (χ4n) is 4.51. The number of sulfonamides is 1. The van der Waals surface area contributed by atoms with Crippen molar-refractivity contribution in [2.45, 2.75) is 31.6 Å². The number of ether oxygens (including phenoxy) is 2. The first-order valence-electron chi connectivity index (χ1n) is 13.4. The van der Waals surface area contributed by atoms with Crippen molar-refractivity contribution in [1.82, 2.24) is 9.29 Å². The van der Waals surface area contributed by atoms with Crippen molar-refractivity contribution in [3.63, 3.8) is 0 Å².